The van der Waals surface area contributed by atoms with Crippen LogP contribution in [0.5, 0.6) is 0 Å². The van der Waals surface area contributed by atoms with E-state index in [0.717, 1.165) is 28.7 Å². The highest BCUT2D eigenvalue weighted by Gasteiger charge is 2.14. The van der Waals surface area contributed by atoms with Gasteiger partial charge in [0.05, 0.1) is 11.7 Å². The van der Waals surface area contributed by atoms with E-state index in [0.29, 0.717) is 0 Å². The summed E-state index contributed by atoms with van der Waals surface area (Å²) in [4.78, 5) is 8.20. The smallest absolute Gasteiger partial charge is 0.124 e. The van der Waals surface area contributed by atoms with Gasteiger partial charge in [-0.05, 0) is 36.7 Å². The van der Waals surface area contributed by atoms with Crippen LogP contribution in [0, 0.1) is 5.82 Å². The molecule has 0 aliphatic rings. The third-order valence-electron chi connectivity index (χ3n) is 2.85. The van der Waals surface area contributed by atoms with E-state index in [4.69, 9.17) is 0 Å². The molecule has 0 radical (unpaired) electrons. The van der Waals surface area contributed by atoms with Gasteiger partial charge in [0, 0.05) is 10.7 Å². The van der Waals surface area contributed by atoms with Crippen LogP contribution in [0.25, 0.3) is 0 Å². The number of nitrogens with zero attached hydrogens (tertiary/aromatic N) is 2. The Morgan fingerprint density at radius 3 is 2.84 bits per heavy atom. The van der Waals surface area contributed by atoms with E-state index in [9.17, 15) is 4.39 Å². The van der Waals surface area contributed by atoms with Crippen molar-refractivity contribution >= 4 is 15.9 Å². The molecule has 19 heavy (non-hydrogen) atoms. The van der Waals surface area contributed by atoms with Gasteiger partial charge in [0.1, 0.15) is 12.1 Å². The molecule has 1 heterocycles. The molecule has 2 rings (SSSR count). The van der Waals surface area contributed by atoms with Gasteiger partial charge in [-0.25, -0.2) is 14.4 Å². The van der Waals surface area contributed by atoms with Crippen LogP contribution in [0.15, 0.2) is 41.3 Å². The molecule has 0 aliphatic heterocycles. The second-order valence-corrected chi connectivity index (χ2v) is 5.04. The highest BCUT2D eigenvalue weighted by molar-refractivity contribution is 9.10. The number of benzene rings is 1. The minimum atomic E-state index is -0.238. The molecule has 0 saturated carbocycles. The van der Waals surface area contributed by atoms with Gasteiger partial charge in [-0.2, -0.15) is 0 Å². The first-order valence-corrected chi connectivity index (χ1v) is 6.93. The number of likely N-dealkylation sites (N-methyl/N-ethyl adjacent to an activating group) is 1. The molecule has 100 valence electrons. The fraction of sp³-hybridized carbons (Fsp3) is 0.286. The highest BCUT2D eigenvalue weighted by atomic mass is 79.9. The Morgan fingerprint density at radius 1 is 1.37 bits per heavy atom. The van der Waals surface area contributed by atoms with Crippen molar-refractivity contribution in [2.75, 3.05) is 6.54 Å². The molecule has 1 aromatic heterocycles. The monoisotopic (exact) mass is 323 g/mol. The van der Waals surface area contributed by atoms with Crippen LogP contribution >= 0.6 is 15.9 Å². The topological polar surface area (TPSA) is 37.8 Å². The molecule has 0 bridgehead atoms. The Morgan fingerprint density at radius 2 is 2.21 bits per heavy atom. The summed E-state index contributed by atoms with van der Waals surface area (Å²) >= 11 is 3.40. The average Bonchev–Trinajstić information content (AvgIpc) is 2.42. The standard InChI is InChI=1S/C14H15BrFN3/c1-2-18-14(13-5-6-17-9-19-13)7-10-3-4-11(16)8-12(10)15/h3-6,8-9,14,18H,2,7H2,1H3. The van der Waals surface area contributed by atoms with E-state index < -0.39 is 0 Å². The Labute approximate surface area is 120 Å². The first-order chi connectivity index (χ1) is 9.20. The van der Waals surface area contributed by atoms with Crippen molar-refractivity contribution < 1.29 is 4.39 Å². The molecular formula is C14H15BrFN3. The maximum Gasteiger partial charge on any atom is 0.124 e. The summed E-state index contributed by atoms with van der Waals surface area (Å²) < 4.78 is 13.9. The Balaban J connectivity index is 2.21. The van der Waals surface area contributed by atoms with Gasteiger partial charge in [-0.15, -0.1) is 0 Å². The van der Waals surface area contributed by atoms with Gasteiger partial charge in [0.2, 0.25) is 0 Å². The fourth-order valence-electron chi connectivity index (χ4n) is 1.94. The van der Waals surface area contributed by atoms with Crippen LogP contribution in [0.1, 0.15) is 24.2 Å². The zero-order valence-electron chi connectivity index (χ0n) is 10.6. The summed E-state index contributed by atoms with van der Waals surface area (Å²) in [6.07, 6.45) is 4.01. The molecule has 0 saturated heterocycles. The van der Waals surface area contributed by atoms with E-state index in [1.54, 1.807) is 18.6 Å². The maximum atomic E-state index is 13.1. The lowest BCUT2D eigenvalue weighted by Crippen LogP contribution is -2.24. The lowest BCUT2D eigenvalue weighted by atomic mass is 10.0. The van der Waals surface area contributed by atoms with E-state index in [1.807, 2.05) is 13.0 Å². The zero-order valence-corrected chi connectivity index (χ0v) is 12.2. The molecule has 1 N–H and O–H groups in total. The first kappa shape index (κ1) is 14.1. The van der Waals surface area contributed by atoms with Crippen LogP contribution in [0.3, 0.4) is 0 Å². The van der Waals surface area contributed by atoms with Crippen molar-refractivity contribution in [3.05, 3.63) is 58.3 Å². The molecule has 5 heteroatoms. The van der Waals surface area contributed by atoms with E-state index in [-0.39, 0.29) is 11.9 Å². The minimum Gasteiger partial charge on any atom is -0.309 e. The molecular weight excluding hydrogens is 309 g/mol. The van der Waals surface area contributed by atoms with E-state index >= 15 is 0 Å². The van der Waals surface area contributed by atoms with Crippen molar-refractivity contribution in [1.82, 2.24) is 15.3 Å². The van der Waals surface area contributed by atoms with Crippen molar-refractivity contribution in [3.63, 3.8) is 0 Å². The van der Waals surface area contributed by atoms with Crippen molar-refractivity contribution in [2.45, 2.75) is 19.4 Å². The van der Waals surface area contributed by atoms with Crippen molar-refractivity contribution in [1.29, 1.82) is 0 Å². The quantitative estimate of drug-likeness (QED) is 0.917. The number of rotatable bonds is 5. The molecule has 1 atom stereocenters. The van der Waals surface area contributed by atoms with Gasteiger partial charge in [0.25, 0.3) is 0 Å². The normalized spacial score (nSPS) is 12.4. The number of halogens is 2. The predicted molar refractivity (Wildman–Crippen MR) is 76.3 cm³/mol. The molecule has 1 unspecified atom stereocenters. The summed E-state index contributed by atoms with van der Waals surface area (Å²) in [5.41, 5.74) is 1.99. The molecule has 3 nitrogen and oxygen atoms in total. The van der Waals surface area contributed by atoms with Crippen LogP contribution in [0.4, 0.5) is 4.39 Å². The third kappa shape index (κ3) is 3.81. The summed E-state index contributed by atoms with van der Waals surface area (Å²) in [5, 5.41) is 3.38. The predicted octanol–water partition coefficient (Wildman–Crippen LogP) is 3.27. The highest BCUT2D eigenvalue weighted by Crippen LogP contribution is 2.23. The molecule has 0 aliphatic carbocycles. The molecule has 2 aromatic rings. The van der Waals surface area contributed by atoms with Crippen LogP contribution in [-0.4, -0.2) is 16.5 Å². The molecule has 0 amide bonds. The first-order valence-electron chi connectivity index (χ1n) is 6.14. The average molecular weight is 324 g/mol. The second kappa shape index (κ2) is 6.73. The fourth-order valence-corrected chi connectivity index (χ4v) is 2.45. The number of nitrogens with one attached hydrogen (secondary N) is 1. The lowest BCUT2D eigenvalue weighted by molar-refractivity contribution is 0.533. The van der Waals surface area contributed by atoms with Crippen LogP contribution < -0.4 is 5.32 Å². The second-order valence-electron chi connectivity index (χ2n) is 4.18. The van der Waals surface area contributed by atoms with Crippen molar-refractivity contribution in [2.24, 2.45) is 0 Å². The third-order valence-corrected chi connectivity index (χ3v) is 3.59. The SMILES string of the molecule is CCNC(Cc1ccc(F)cc1Br)c1ccncn1. The number of aromatic nitrogens is 2. The van der Waals surface area contributed by atoms with Gasteiger partial charge in [-0.3, -0.25) is 0 Å². The van der Waals surface area contributed by atoms with Gasteiger partial charge < -0.3 is 5.32 Å². The summed E-state index contributed by atoms with van der Waals surface area (Å²) in [6, 6.07) is 6.74. The number of hydrogen-bond acceptors (Lipinski definition) is 3. The molecule has 0 fully saturated rings. The van der Waals surface area contributed by atoms with Gasteiger partial charge in [-0.1, -0.05) is 28.9 Å². The van der Waals surface area contributed by atoms with Gasteiger partial charge in [0.15, 0.2) is 0 Å². The lowest BCUT2D eigenvalue weighted by Gasteiger charge is -2.18. The zero-order chi connectivity index (χ0) is 13.7. The maximum absolute atomic E-state index is 13.1. The Kier molecular flexibility index (Phi) is 4.99. The van der Waals surface area contributed by atoms with E-state index in [2.05, 4.69) is 31.2 Å². The van der Waals surface area contributed by atoms with Crippen LogP contribution in [0.2, 0.25) is 0 Å². The minimum absolute atomic E-state index is 0.0924. The Hall–Kier alpha value is -1.33. The number of hydrogen-bond donors (Lipinski definition) is 1. The Bertz CT molecular complexity index is 533. The largest absolute Gasteiger partial charge is 0.309 e. The summed E-state index contributed by atoms with van der Waals surface area (Å²) in [6.45, 7) is 2.89. The van der Waals surface area contributed by atoms with Crippen LogP contribution in [-0.2, 0) is 6.42 Å². The van der Waals surface area contributed by atoms with Gasteiger partial charge >= 0.3 is 0 Å². The molecule has 0 spiro atoms. The molecule has 1 aromatic carbocycles. The summed E-state index contributed by atoms with van der Waals surface area (Å²) in [7, 11) is 0. The summed E-state index contributed by atoms with van der Waals surface area (Å²) in [5.74, 6) is -0.238. The van der Waals surface area contributed by atoms with E-state index in [1.165, 1.54) is 12.1 Å². The van der Waals surface area contributed by atoms with Crippen molar-refractivity contribution in [3.8, 4) is 0 Å².